The molecule has 3 aliphatic rings. The van der Waals surface area contributed by atoms with Gasteiger partial charge in [0.1, 0.15) is 12.6 Å². The van der Waals surface area contributed by atoms with E-state index in [2.05, 4.69) is 47.8 Å². The Hall–Kier alpha value is -2.30. The number of nitrogens with zero attached hydrogens (tertiary/aromatic N) is 3. The van der Waals surface area contributed by atoms with E-state index in [0.29, 0.717) is 25.8 Å². The molecule has 1 aromatic rings. The summed E-state index contributed by atoms with van der Waals surface area (Å²) < 4.78 is 4.70. The molecule has 3 aliphatic heterocycles. The summed E-state index contributed by atoms with van der Waals surface area (Å²) >= 11 is 5.36. The van der Waals surface area contributed by atoms with E-state index in [4.69, 9.17) is 4.74 Å². The SMILES string of the molecule is C=CCOC(=O)[C@H]1[C@@H]2SC3(CC2Br)C(C(=O)N(CC=C)c2ccc(N(CC)CC)cc2)N(CCCCO)C(=O)[C@H]13. The van der Waals surface area contributed by atoms with Gasteiger partial charge in [-0.3, -0.25) is 14.4 Å². The van der Waals surface area contributed by atoms with Crippen LogP contribution in [-0.4, -0.2) is 88.0 Å². The number of carbonyl (C=O) groups is 3. The maximum absolute atomic E-state index is 14.6. The number of esters is 1. The molecular weight excluding hydrogens is 594 g/mol. The van der Waals surface area contributed by atoms with E-state index in [1.165, 1.54) is 6.08 Å². The summed E-state index contributed by atoms with van der Waals surface area (Å²) in [5, 5.41) is 9.24. The molecule has 1 aromatic carbocycles. The molecule has 3 unspecified atom stereocenters. The number of halogens is 1. The molecule has 6 atom stereocenters. The number of ether oxygens (including phenoxy) is 1. The Kier molecular flexibility index (Phi) is 10.1. The number of hydrogen-bond donors (Lipinski definition) is 1. The third kappa shape index (κ3) is 5.34. The third-order valence-electron chi connectivity index (χ3n) is 8.31. The molecular formula is C30H40BrN3O5S. The number of amides is 2. The van der Waals surface area contributed by atoms with Crippen molar-refractivity contribution in [2.24, 2.45) is 11.8 Å². The number of likely N-dealkylation sites (tertiary alicyclic amines) is 1. The Morgan fingerprint density at radius 3 is 2.45 bits per heavy atom. The van der Waals surface area contributed by atoms with Crippen LogP contribution in [0.15, 0.2) is 49.6 Å². The van der Waals surface area contributed by atoms with Crippen molar-refractivity contribution in [2.75, 3.05) is 49.2 Å². The minimum absolute atomic E-state index is 0.00743. The lowest BCUT2D eigenvalue weighted by Gasteiger charge is -2.38. The van der Waals surface area contributed by atoms with Crippen molar-refractivity contribution in [1.29, 1.82) is 0 Å². The Balaban J connectivity index is 1.73. The lowest BCUT2D eigenvalue weighted by Crippen LogP contribution is -2.55. The maximum atomic E-state index is 14.6. The van der Waals surface area contributed by atoms with Crippen LogP contribution in [0.2, 0.25) is 0 Å². The van der Waals surface area contributed by atoms with Crippen LogP contribution in [0.1, 0.15) is 33.1 Å². The second-order valence-electron chi connectivity index (χ2n) is 10.5. The van der Waals surface area contributed by atoms with Gasteiger partial charge in [-0.1, -0.05) is 34.7 Å². The molecule has 2 bridgehead atoms. The number of thioether (sulfide) groups is 1. The Labute approximate surface area is 249 Å². The van der Waals surface area contributed by atoms with E-state index in [0.717, 1.165) is 24.5 Å². The molecule has 1 spiro atoms. The largest absolute Gasteiger partial charge is 0.461 e. The summed E-state index contributed by atoms with van der Waals surface area (Å²) in [6.07, 6.45) is 4.89. The molecule has 0 radical (unpaired) electrons. The first-order chi connectivity index (χ1) is 19.3. The number of alkyl halides is 1. The van der Waals surface area contributed by atoms with Gasteiger partial charge in [0.25, 0.3) is 5.91 Å². The minimum Gasteiger partial charge on any atom is -0.461 e. The highest BCUT2D eigenvalue weighted by Crippen LogP contribution is 2.68. The Morgan fingerprint density at radius 1 is 1.18 bits per heavy atom. The van der Waals surface area contributed by atoms with Crippen molar-refractivity contribution < 1.29 is 24.2 Å². The molecule has 3 fully saturated rings. The highest BCUT2D eigenvalue weighted by molar-refractivity contribution is 9.09. The number of hydrogen-bond acceptors (Lipinski definition) is 7. The fourth-order valence-electron chi connectivity index (χ4n) is 6.58. The topological polar surface area (TPSA) is 90.4 Å². The monoisotopic (exact) mass is 633 g/mol. The second kappa shape index (κ2) is 13.1. The van der Waals surface area contributed by atoms with Crippen molar-refractivity contribution in [2.45, 2.75) is 54.0 Å². The van der Waals surface area contributed by atoms with Crippen LogP contribution in [0.25, 0.3) is 0 Å². The number of anilines is 2. The summed E-state index contributed by atoms with van der Waals surface area (Å²) in [5.74, 6) is -2.06. The van der Waals surface area contributed by atoms with Gasteiger partial charge in [-0.2, -0.15) is 0 Å². The standard InChI is InChI=1S/C30H40BrN3O5S/c1-5-15-33(21-13-11-20(12-14-21)32(7-3)8-4)28(37)26-30-19-22(31)25(40-30)23(29(38)39-18-6-2)24(30)27(36)34(26)16-9-10-17-35/h5-6,11-14,22-26,35H,1-2,7-10,15-19H2,3-4H3/t22?,23-,24+,25-,26?,30?/m1/s1. The van der Waals surface area contributed by atoms with Crippen LogP contribution >= 0.6 is 27.7 Å². The van der Waals surface area contributed by atoms with Crippen LogP contribution in [0, 0.1) is 11.8 Å². The smallest absolute Gasteiger partial charge is 0.311 e. The van der Waals surface area contributed by atoms with E-state index in [-0.39, 0.29) is 41.6 Å². The third-order valence-corrected chi connectivity index (χ3v) is 11.5. The highest BCUT2D eigenvalue weighted by atomic mass is 79.9. The lowest BCUT2D eigenvalue weighted by molar-refractivity contribution is -0.153. The fourth-order valence-corrected chi connectivity index (χ4v) is 10.2. The van der Waals surface area contributed by atoms with Gasteiger partial charge in [-0.05, 0) is 57.4 Å². The summed E-state index contributed by atoms with van der Waals surface area (Å²) in [7, 11) is 0. The van der Waals surface area contributed by atoms with E-state index in [1.54, 1.807) is 27.6 Å². The number of carbonyl (C=O) groups excluding carboxylic acids is 3. The molecule has 10 heteroatoms. The number of fused-ring (bicyclic) bond motifs is 1. The Bertz CT molecular complexity index is 1110. The predicted octanol–water partition coefficient (Wildman–Crippen LogP) is 4.02. The second-order valence-corrected chi connectivity index (χ2v) is 13.2. The molecule has 2 amide bonds. The molecule has 3 saturated heterocycles. The molecule has 40 heavy (non-hydrogen) atoms. The summed E-state index contributed by atoms with van der Waals surface area (Å²) in [6.45, 7) is 14.2. The van der Waals surface area contributed by atoms with Gasteiger partial charge in [0.2, 0.25) is 5.91 Å². The number of unbranched alkanes of at least 4 members (excludes halogenated alkanes) is 1. The van der Waals surface area contributed by atoms with Gasteiger partial charge >= 0.3 is 5.97 Å². The minimum atomic E-state index is -0.759. The van der Waals surface area contributed by atoms with Crippen LogP contribution in [-0.2, 0) is 19.1 Å². The van der Waals surface area contributed by atoms with Crippen molar-refractivity contribution in [3.63, 3.8) is 0 Å². The van der Waals surface area contributed by atoms with Crippen molar-refractivity contribution in [3.05, 3.63) is 49.6 Å². The zero-order valence-electron chi connectivity index (χ0n) is 23.3. The summed E-state index contributed by atoms with van der Waals surface area (Å²) in [6, 6.07) is 7.17. The zero-order valence-corrected chi connectivity index (χ0v) is 25.7. The normalized spacial score (nSPS) is 28.4. The summed E-state index contributed by atoms with van der Waals surface area (Å²) in [5.41, 5.74) is 1.81. The molecule has 0 aromatic heterocycles. The Morgan fingerprint density at radius 2 is 1.85 bits per heavy atom. The van der Waals surface area contributed by atoms with E-state index in [1.807, 2.05) is 24.3 Å². The average molecular weight is 635 g/mol. The number of benzene rings is 1. The first-order valence-electron chi connectivity index (χ1n) is 14.1. The van der Waals surface area contributed by atoms with Crippen molar-refractivity contribution >= 4 is 56.9 Å². The van der Waals surface area contributed by atoms with Gasteiger partial charge in [-0.15, -0.1) is 18.3 Å². The lowest BCUT2D eigenvalue weighted by atomic mass is 9.71. The van der Waals surface area contributed by atoms with Crippen LogP contribution < -0.4 is 9.80 Å². The number of rotatable bonds is 14. The van der Waals surface area contributed by atoms with Crippen molar-refractivity contribution in [1.82, 2.24) is 4.90 Å². The molecule has 0 saturated carbocycles. The average Bonchev–Trinajstić information content (AvgIpc) is 3.54. The first kappa shape index (κ1) is 30.7. The predicted molar refractivity (Wildman–Crippen MR) is 164 cm³/mol. The first-order valence-corrected chi connectivity index (χ1v) is 15.9. The van der Waals surface area contributed by atoms with E-state index >= 15 is 0 Å². The van der Waals surface area contributed by atoms with Crippen molar-refractivity contribution in [3.8, 4) is 0 Å². The number of aliphatic hydroxyl groups is 1. The maximum Gasteiger partial charge on any atom is 0.311 e. The van der Waals surface area contributed by atoms with E-state index in [9.17, 15) is 19.5 Å². The molecule has 218 valence electrons. The molecule has 3 heterocycles. The van der Waals surface area contributed by atoms with Gasteiger partial charge in [0, 0.05) is 54.2 Å². The van der Waals surface area contributed by atoms with E-state index < -0.39 is 28.6 Å². The zero-order chi connectivity index (χ0) is 29.0. The van der Waals surface area contributed by atoms with Crippen LogP contribution in [0.5, 0.6) is 0 Å². The van der Waals surface area contributed by atoms with Gasteiger partial charge in [0.15, 0.2) is 0 Å². The summed E-state index contributed by atoms with van der Waals surface area (Å²) in [4.78, 5) is 47.5. The quantitative estimate of drug-likeness (QED) is 0.143. The molecule has 4 rings (SSSR count). The molecule has 1 N–H and O–H groups in total. The molecule has 0 aliphatic carbocycles. The van der Waals surface area contributed by atoms with Crippen LogP contribution in [0.3, 0.4) is 0 Å². The fraction of sp³-hybridized carbons (Fsp3) is 0.567. The number of aliphatic hydroxyl groups excluding tert-OH is 1. The van der Waals surface area contributed by atoms with Gasteiger partial charge < -0.3 is 24.5 Å². The van der Waals surface area contributed by atoms with Gasteiger partial charge in [0.05, 0.1) is 16.6 Å². The van der Waals surface area contributed by atoms with Gasteiger partial charge in [-0.25, -0.2) is 0 Å². The highest BCUT2D eigenvalue weighted by Gasteiger charge is 2.76. The van der Waals surface area contributed by atoms with Crippen LogP contribution in [0.4, 0.5) is 11.4 Å². The molecule has 8 nitrogen and oxygen atoms in total.